The summed E-state index contributed by atoms with van der Waals surface area (Å²) < 4.78 is 5.56. The minimum atomic E-state index is -0.427. The molecule has 3 rings (SSSR count). The molecule has 1 aromatic carbocycles. The van der Waals surface area contributed by atoms with Crippen LogP contribution in [0.3, 0.4) is 0 Å². The van der Waals surface area contributed by atoms with Crippen LogP contribution in [0.4, 0.5) is 11.4 Å². The lowest BCUT2D eigenvalue weighted by molar-refractivity contribution is -0.122. The summed E-state index contributed by atoms with van der Waals surface area (Å²) in [7, 11) is 0. The van der Waals surface area contributed by atoms with Gasteiger partial charge in [0.25, 0.3) is 5.91 Å². The highest BCUT2D eigenvalue weighted by molar-refractivity contribution is 5.98. The van der Waals surface area contributed by atoms with Gasteiger partial charge >= 0.3 is 0 Å². The SMILES string of the molecule is CC(CC1CCCN1)Nc1ccc2c(c1)NC(=O)C(C)O2. The van der Waals surface area contributed by atoms with Gasteiger partial charge < -0.3 is 20.7 Å². The lowest BCUT2D eigenvalue weighted by Gasteiger charge is -2.25. The molecule has 1 fully saturated rings. The maximum Gasteiger partial charge on any atom is 0.265 e. The molecule has 5 heteroatoms. The van der Waals surface area contributed by atoms with Gasteiger partial charge in [-0.15, -0.1) is 0 Å². The van der Waals surface area contributed by atoms with E-state index in [2.05, 4.69) is 22.9 Å². The van der Waals surface area contributed by atoms with Crippen LogP contribution in [0.2, 0.25) is 0 Å². The first-order valence-electron chi connectivity index (χ1n) is 7.73. The Morgan fingerprint density at radius 3 is 3.10 bits per heavy atom. The molecule has 1 saturated heterocycles. The molecule has 0 aliphatic carbocycles. The van der Waals surface area contributed by atoms with Crippen LogP contribution in [0, 0.1) is 0 Å². The quantitative estimate of drug-likeness (QED) is 0.796. The molecule has 2 heterocycles. The Bertz CT molecular complexity index is 526. The van der Waals surface area contributed by atoms with Crippen LogP contribution in [0.25, 0.3) is 0 Å². The average Bonchev–Trinajstić information content (AvgIpc) is 2.93. The summed E-state index contributed by atoms with van der Waals surface area (Å²) >= 11 is 0. The Hall–Kier alpha value is -1.75. The first-order valence-corrected chi connectivity index (χ1v) is 7.73. The number of amides is 1. The van der Waals surface area contributed by atoms with Crippen LogP contribution in [0.1, 0.15) is 33.1 Å². The van der Waals surface area contributed by atoms with Crippen LogP contribution in [0.5, 0.6) is 5.75 Å². The molecule has 2 aliphatic rings. The predicted octanol–water partition coefficient (Wildman–Crippen LogP) is 2.35. The summed E-state index contributed by atoms with van der Waals surface area (Å²) in [5.41, 5.74) is 1.76. The van der Waals surface area contributed by atoms with E-state index < -0.39 is 6.10 Å². The number of hydrogen-bond donors (Lipinski definition) is 3. The molecular formula is C16H23N3O2. The number of nitrogens with one attached hydrogen (secondary N) is 3. The smallest absolute Gasteiger partial charge is 0.265 e. The molecule has 3 unspecified atom stereocenters. The van der Waals surface area contributed by atoms with E-state index in [1.54, 1.807) is 6.92 Å². The van der Waals surface area contributed by atoms with Gasteiger partial charge in [0, 0.05) is 17.8 Å². The zero-order valence-electron chi connectivity index (χ0n) is 12.6. The Balaban J connectivity index is 1.63. The van der Waals surface area contributed by atoms with Gasteiger partial charge in [0.05, 0.1) is 5.69 Å². The number of anilines is 2. The summed E-state index contributed by atoms with van der Waals surface area (Å²) in [5, 5.41) is 9.90. The first-order chi connectivity index (χ1) is 10.1. The summed E-state index contributed by atoms with van der Waals surface area (Å²) in [6.45, 7) is 5.08. The van der Waals surface area contributed by atoms with Crippen LogP contribution in [-0.4, -0.2) is 30.6 Å². The largest absolute Gasteiger partial charge is 0.479 e. The monoisotopic (exact) mass is 289 g/mol. The highest BCUT2D eigenvalue weighted by Gasteiger charge is 2.24. The molecule has 2 aliphatic heterocycles. The zero-order valence-corrected chi connectivity index (χ0v) is 12.6. The number of hydrogen-bond acceptors (Lipinski definition) is 4. The van der Waals surface area contributed by atoms with Gasteiger partial charge in [-0.3, -0.25) is 4.79 Å². The van der Waals surface area contributed by atoms with Crippen molar-refractivity contribution in [2.45, 2.75) is 51.3 Å². The Morgan fingerprint density at radius 1 is 1.48 bits per heavy atom. The van der Waals surface area contributed by atoms with E-state index >= 15 is 0 Å². The van der Waals surface area contributed by atoms with E-state index in [0.717, 1.165) is 30.1 Å². The highest BCUT2D eigenvalue weighted by Crippen LogP contribution is 2.32. The van der Waals surface area contributed by atoms with Gasteiger partial charge in [-0.2, -0.15) is 0 Å². The fourth-order valence-corrected chi connectivity index (χ4v) is 3.03. The second kappa shape index (κ2) is 5.93. The van der Waals surface area contributed by atoms with Crippen molar-refractivity contribution < 1.29 is 9.53 Å². The lowest BCUT2D eigenvalue weighted by atomic mass is 10.1. The maximum absolute atomic E-state index is 11.7. The molecular weight excluding hydrogens is 266 g/mol. The standard InChI is InChI=1S/C16H23N3O2/c1-10(8-12-4-3-7-17-12)18-13-5-6-15-14(9-13)19-16(20)11(2)21-15/h5-6,9-12,17-18H,3-4,7-8H2,1-2H3,(H,19,20). The van der Waals surface area contributed by atoms with Crippen LogP contribution < -0.4 is 20.7 Å². The number of rotatable bonds is 4. The molecule has 0 radical (unpaired) electrons. The fraction of sp³-hybridized carbons (Fsp3) is 0.562. The molecule has 114 valence electrons. The van der Waals surface area contributed by atoms with Crippen molar-refractivity contribution >= 4 is 17.3 Å². The Kier molecular flexibility index (Phi) is 4.01. The first kappa shape index (κ1) is 14.2. The van der Waals surface area contributed by atoms with E-state index in [1.807, 2.05) is 18.2 Å². The Morgan fingerprint density at radius 2 is 2.33 bits per heavy atom. The third-order valence-corrected chi connectivity index (χ3v) is 4.12. The molecule has 0 aromatic heterocycles. The average molecular weight is 289 g/mol. The summed E-state index contributed by atoms with van der Waals surface area (Å²) in [4.78, 5) is 11.7. The van der Waals surface area contributed by atoms with Crippen molar-refractivity contribution in [2.24, 2.45) is 0 Å². The molecule has 5 nitrogen and oxygen atoms in total. The molecule has 0 saturated carbocycles. The number of fused-ring (bicyclic) bond motifs is 1. The van der Waals surface area contributed by atoms with Gasteiger partial charge in [0.15, 0.2) is 6.10 Å². The van der Waals surface area contributed by atoms with Crippen molar-refractivity contribution in [1.29, 1.82) is 0 Å². The van der Waals surface area contributed by atoms with Crippen molar-refractivity contribution in [3.8, 4) is 5.75 Å². The van der Waals surface area contributed by atoms with Crippen LogP contribution in [-0.2, 0) is 4.79 Å². The predicted molar refractivity (Wildman–Crippen MR) is 83.9 cm³/mol. The molecule has 1 aromatic rings. The van der Waals surface area contributed by atoms with Crippen molar-refractivity contribution in [3.05, 3.63) is 18.2 Å². The molecule has 3 atom stereocenters. The molecule has 0 bridgehead atoms. The third kappa shape index (κ3) is 3.29. The summed E-state index contributed by atoms with van der Waals surface area (Å²) in [6.07, 6.45) is 3.22. The number of benzene rings is 1. The minimum absolute atomic E-state index is 0.0946. The van der Waals surface area contributed by atoms with Gasteiger partial charge in [-0.05, 0) is 57.9 Å². The van der Waals surface area contributed by atoms with Gasteiger partial charge in [0.1, 0.15) is 5.75 Å². The Labute approximate surface area is 125 Å². The van der Waals surface area contributed by atoms with E-state index in [0.29, 0.717) is 12.1 Å². The zero-order chi connectivity index (χ0) is 14.8. The summed E-state index contributed by atoms with van der Waals surface area (Å²) in [5.74, 6) is 0.639. The van der Waals surface area contributed by atoms with Gasteiger partial charge in [-0.25, -0.2) is 0 Å². The topological polar surface area (TPSA) is 62.4 Å². The van der Waals surface area contributed by atoms with E-state index in [-0.39, 0.29) is 5.91 Å². The third-order valence-electron chi connectivity index (χ3n) is 4.12. The number of carbonyl (C=O) groups is 1. The number of carbonyl (C=O) groups excluding carboxylic acids is 1. The van der Waals surface area contributed by atoms with Crippen molar-refractivity contribution in [2.75, 3.05) is 17.2 Å². The lowest BCUT2D eigenvalue weighted by Crippen LogP contribution is -2.34. The highest BCUT2D eigenvalue weighted by atomic mass is 16.5. The fourth-order valence-electron chi connectivity index (χ4n) is 3.03. The molecule has 0 spiro atoms. The molecule has 21 heavy (non-hydrogen) atoms. The molecule has 1 amide bonds. The second-order valence-electron chi connectivity index (χ2n) is 6.03. The number of ether oxygens (including phenoxy) is 1. The van der Waals surface area contributed by atoms with Crippen LogP contribution >= 0.6 is 0 Å². The maximum atomic E-state index is 11.7. The van der Waals surface area contributed by atoms with E-state index in [4.69, 9.17) is 4.74 Å². The second-order valence-corrected chi connectivity index (χ2v) is 6.03. The van der Waals surface area contributed by atoms with Crippen LogP contribution in [0.15, 0.2) is 18.2 Å². The van der Waals surface area contributed by atoms with Crippen molar-refractivity contribution in [1.82, 2.24) is 5.32 Å². The normalized spacial score (nSPS) is 25.7. The van der Waals surface area contributed by atoms with Gasteiger partial charge in [-0.1, -0.05) is 0 Å². The van der Waals surface area contributed by atoms with Gasteiger partial charge in [0.2, 0.25) is 0 Å². The van der Waals surface area contributed by atoms with Crippen molar-refractivity contribution in [3.63, 3.8) is 0 Å². The molecule has 3 N–H and O–H groups in total. The summed E-state index contributed by atoms with van der Waals surface area (Å²) in [6, 6.07) is 6.86. The van der Waals surface area contributed by atoms with E-state index in [1.165, 1.54) is 12.8 Å². The van der Waals surface area contributed by atoms with E-state index in [9.17, 15) is 4.79 Å². The minimum Gasteiger partial charge on any atom is -0.479 e.